The summed E-state index contributed by atoms with van der Waals surface area (Å²) in [5.41, 5.74) is 0.262. The van der Waals surface area contributed by atoms with Crippen molar-refractivity contribution in [2.45, 2.75) is 25.0 Å². The monoisotopic (exact) mass is 313 g/mol. The minimum Gasteiger partial charge on any atom is -0.347 e. The van der Waals surface area contributed by atoms with Gasteiger partial charge in [0.25, 0.3) is 0 Å². The maximum absolute atomic E-state index is 13.7. The molecule has 0 atom stereocenters. The molecule has 6 heteroatoms. The van der Waals surface area contributed by atoms with Crippen LogP contribution >= 0.6 is 11.6 Å². The second kappa shape index (κ2) is 5.91. The summed E-state index contributed by atoms with van der Waals surface area (Å²) in [5.74, 6) is -1.06. The van der Waals surface area contributed by atoms with Gasteiger partial charge in [0.05, 0.1) is 19.6 Å². The molecule has 0 N–H and O–H groups in total. The summed E-state index contributed by atoms with van der Waals surface area (Å²) in [6.45, 7) is 2.34. The van der Waals surface area contributed by atoms with E-state index in [1.807, 2.05) is 0 Å². The molecular weight excluding hydrogens is 297 g/mol. The Balaban J connectivity index is 1.62. The lowest BCUT2D eigenvalue weighted by atomic mass is 10.0. The lowest BCUT2D eigenvalue weighted by Crippen LogP contribution is -2.47. The normalized spacial score (nSPS) is 21.0. The molecule has 0 aromatic heterocycles. The number of hydrogen-bond acceptors (Lipinski definition) is 3. The van der Waals surface area contributed by atoms with E-state index in [9.17, 15) is 9.18 Å². The summed E-state index contributed by atoms with van der Waals surface area (Å²) < 4.78 is 25.0. The van der Waals surface area contributed by atoms with E-state index in [1.54, 1.807) is 11.0 Å². The quantitative estimate of drug-likeness (QED) is 0.841. The molecule has 2 aliphatic rings. The third-order valence-corrected chi connectivity index (χ3v) is 4.44. The zero-order chi connectivity index (χ0) is 14.9. The van der Waals surface area contributed by atoms with Gasteiger partial charge in [-0.1, -0.05) is 17.7 Å². The van der Waals surface area contributed by atoms with Crippen molar-refractivity contribution >= 4 is 17.5 Å². The molecule has 2 saturated heterocycles. The number of piperidine rings is 1. The summed E-state index contributed by atoms with van der Waals surface area (Å²) in [4.78, 5) is 14.0. The maximum Gasteiger partial charge on any atom is 0.227 e. The Bertz CT molecular complexity index is 515. The molecule has 0 saturated carbocycles. The molecule has 21 heavy (non-hydrogen) atoms. The number of ether oxygens (including phenoxy) is 2. The van der Waals surface area contributed by atoms with Crippen LogP contribution in [0.1, 0.15) is 18.4 Å². The number of likely N-dealkylation sites (tertiary alicyclic amines) is 1. The number of benzene rings is 1. The first-order valence-corrected chi connectivity index (χ1v) is 7.46. The number of hydrogen-bond donors (Lipinski definition) is 0. The molecule has 0 bridgehead atoms. The fourth-order valence-corrected chi connectivity index (χ4v) is 3.08. The highest BCUT2D eigenvalue weighted by Crippen LogP contribution is 2.31. The molecule has 2 aliphatic heterocycles. The van der Waals surface area contributed by atoms with Crippen LogP contribution in [0.25, 0.3) is 0 Å². The van der Waals surface area contributed by atoms with Crippen LogP contribution in [0.3, 0.4) is 0 Å². The van der Waals surface area contributed by atoms with E-state index < -0.39 is 11.6 Å². The lowest BCUT2D eigenvalue weighted by molar-refractivity contribution is -0.187. The molecule has 1 spiro atoms. The molecular formula is C15H17ClFNO3. The predicted octanol–water partition coefficient (Wildman–Crippen LogP) is 2.39. The zero-order valence-electron chi connectivity index (χ0n) is 11.6. The second-order valence-corrected chi connectivity index (χ2v) is 5.77. The molecule has 0 radical (unpaired) electrons. The van der Waals surface area contributed by atoms with Crippen LogP contribution in [-0.4, -0.2) is 42.9 Å². The van der Waals surface area contributed by atoms with E-state index in [0.29, 0.717) is 44.2 Å². The Kier molecular flexibility index (Phi) is 4.15. The molecule has 0 aliphatic carbocycles. The Morgan fingerprint density at radius 2 is 1.95 bits per heavy atom. The van der Waals surface area contributed by atoms with Gasteiger partial charge in [0, 0.05) is 36.5 Å². The minimum atomic E-state index is -0.508. The fourth-order valence-electron chi connectivity index (χ4n) is 2.85. The van der Waals surface area contributed by atoms with Crippen molar-refractivity contribution in [1.82, 2.24) is 4.90 Å². The molecule has 4 nitrogen and oxygen atoms in total. The first-order chi connectivity index (χ1) is 10.1. The molecule has 0 unspecified atom stereocenters. The van der Waals surface area contributed by atoms with Crippen LogP contribution in [0.15, 0.2) is 18.2 Å². The van der Waals surface area contributed by atoms with Crippen LogP contribution in [0.5, 0.6) is 0 Å². The van der Waals surface area contributed by atoms with Crippen LogP contribution in [-0.2, 0) is 20.7 Å². The van der Waals surface area contributed by atoms with Gasteiger partial charge in [0.1, 0.15) is 5.82 Å². The van der Waals surface area contributed by atoms with Gasteiger partial charge < -0.3 is 14.4 Å². The van der Waals surface area contributed by atoms with Gasteiger partial charge in [-0.25, -0.2) is 4.39 Å². The van der Waals surface area contributed by atoms with Crippen molar-refractivity contribution in [3.05, 3.63) is 34.6 Å². The Labute approximate surface area is 127 Å². The van der Waals surface area contributed by atoms with Gasteiger partial charge in [0.2, 0.25) is 5.91 Å². The van der Waals surface area contributed by atoms with E-state index in [4.69, 9.17) is 21.1 Å². The molecule has 2 heterocycles. The summed E-state index contributed by atoms with van der Waals surface area (Å²) in [6, 6.07) is 4.45. The van der Waals surface area contributed by atoms with Gasteiger partial charge >= 0.3 is 0 Å². The van der Waals surface area contributed by atoms with Gasteiger partial charge in [0.15, 0.2) is 5.79 Å². The lowest BCUT2D eigenvalue weighted by Gasteiger charge is -2.37. The summed E-state index contributed by atoms with van der Waals surface area (Å²) in [5, 5.41) is 0.291. The Morgan fingerprint density at radius 1 is 1.29 bits per heavy atom. The first-order valence-electron chi connectivity index (χ1n) is 7.08. The summed E-state index contributed by atoms with van der Waals surface area (Å²) in [7, 11) is 0. The number of carbonyl (C=O) groups excluding carboxylic acids is 1. The van der Waals surface area contributed by atoms with Crippen LogP contribution < -0.4 is 0 Å². The number of carbonyl (C=O) groups is 1. The Morgan fingerprint density at radius 3 is 2.57 bits per heavy atom. The third-order valence-electron chi connectivity index (χ3n) is 4.08. The Hall–Kier alpha value is -1.17. The van der Waals surface area contributed by atoms with Crippen LogP contribution in [0.4, 0.5) is 4.39 Å². The van der Waals surface area contributed by atoms with E-state index in [-0.39, 0.29) is 17.9 Å². The van der Waals surface area contributed by atoms with Gasteiger partial charge in [-0.2, -0.15) is 0 Å². The van der Waals surface area contributed by atoms with Crippen molar-refractivity contribution in [1.29, 1.82) is 0 Å². The van der Waals surface area contributed by atoms with E-state index in [0.717, 1.165) is 0 Å². The minimum absolute atomic E-state index is 0.0137. The van der Waals surface area contributed by atoms with Crippen LogP contribution in [0.2, 0.25) is 5.02 Å². The molecule has 1 aromatic carbocycles. The highest BCUT2D eigenvalue weighted by atomic mass is 35.5. The smallest absolute Gasteiger partial charge is 0.227 e. The molecule has 114 valence electrons. The van der Waals surface area contributed by atoms with E-state index >= 15 is 0 Å². The molecule has 1 aromatic rings. The molecule has 1 amide bonds. The topological polar surface area (TPSA) is 38.8 Å². The largest absolute Gasteiger partial charge is 0.347 e. The summed E-state index contributed by atoms with van der Waals surface area (Å²) in [6.07, 6.45) is 1.30. The van der Waals surface area contributed by atoms with Crippen molar-refractivity contribution in [2.75, 3.05) is 26.3 Å². The van der Waals surface area contributed by atoms with E-state index in [1.165, 1.54) is 12.1 Å². The van der Waals surface area contributed by atoms with E-state index in [2.05, 4.69) is 0 Å². The number of rotatable bonds is 2. The van der Waals surface area contributed by atoms with Gasteiger partial charge in [-0.15, -0.1) is 0 Å². The zero-order valence-corrected chi connectivity index (χ0v) is 12.4. The standard InChI is InChI=1S/C15H17ClFNO3/c16-12-2-1-3-13(17)11(12)10-14(19)18-6-4-15(5-7-18)20-8-9-21-15/h1-3H,4-10H2. The second-order valence-electron chi connectivity index (χ2n) is 5.37. The SMILES string of the molecule is O=C(Cc1c(F)cccc1Cl)N1CCC2(CC1)OCCO2. The highest BCUT2D eigenvalue weighted by molar-refractivity contribution is 6.31. The van der Waals surface area contributed by atoms with Crippen molar-refractivity contribution in [2.24, 2.45) is 0 Å². The molecule has 2 fully saturated rings. The first kappa shape index (κ1) is 14.8. The van der Waals surface area contributed by atoms with Crippen molar-refractivity contribution < 1.29 is 18.7 Å². The van der Waals surface area contributed by atoms with Crippen molar-refractivity contribution in [3.63, 3.8) is 0 Å². The average molecular weight is 314 g/mol. The maximum atomic E-state index is 13.7. The molecule has 3 rings (SSSR count). The predicted molar refractivity (Wildman–Crippen MR) is 75.6 cm³/mol. The fraction of sp³-hybridized carbons (Fsp3) is 0.533. The highest BCUT2D eigenvalue weighted by Gasteiger charge is 2.40. The van der Waals surface area contributed by atoms with Gasteiger partial charge in [-0.3, -0.25) is 4.79 Å². The van der Waals surface area contributed by atoms with Gasteiger partial charge in [-0.05, 0) is 12.1 Å². The number of amides is 1. The third kappa shape index (κ3) is 3.05. The number of nitrogens with zero attached hydrogens (tertiary/aromatic N) is 1. The average Bonchev–Trinajstić information content (AvgIpc) is 2.92. The number of halogens is 2. The summed E-state index contributed by atoms with van der Waals surface area (Å²) >= 11 is 5.96. The van der Waals surface area contributed by atoms with Crippen LogP contribution in [0, 0.1) is 5.82 Å². The van der Waals surface area contributed by atoms with Crippen molar-refractivity contribution in [3.8, 4) is 0 Å².